The van der Waals surface area contributed by atoms with Gasteiger partial charge in [0, 0.05) is 12.2 Å². The van der Waals surface area contributed by atoms with E-state index < -0.39 is 0 Å². The molecule has 2 rings (SSSR count). The number of anilines is 1. The zero-order chi connectivity index (χ0) is 14.4. The molecule has 0 aliphatic heterocycles. The number of rotatable bonds is 6. The Morgan fingerprint density at radius 2 is 1.90 bits per heavy atom. The van der Waals surface area contributed by atoms with Crippen LogP contribution in [-0.4, -0.2) is 16.5 Å². The molecule has 0 fully saturated rings. The van der Waals surface area contributed by atoms with Crippen molar-refractivity contribution in [3.05, 3.63) is 52.6 Å². The Morgan fingerprint density at radius 1 is 1.15 bits per heavy atom. The number of aryl methyl sites for hydroxylation is 1. The van der Waals surface area contributed by atoms with Gasteiger partial charge in [-0.05, 0) is 36.6 Å². The molecule has 3 nitrogen and oxygen atoms in total. The van der Waals surface area contributed by atoms with E-state index in [4.69, 9.17) is 11.6 Å². The summed E-state index contributed by atoms with van der Waals surface area (Å²) in [4.78, 5) is 8.55. The molecule has 0 spiro atoms. The van der Waals surface area contributed by atoms with Crippen molar-refractivity contribution in [2.75, 3.05) is 11.9 Å². The molecule has 0 radical (unpaired) electrons. The number of halogens is 2. The van der Waals surface area contributed by atoms with Gasteiger partial charge >= 0.3 is 0 Å². The lowest BCUT2D eigenvalue weighted by Crippen LogP contribution is -2.09. The van der Waals surface area contributed by atoms with Gasteiger partial charge in [0.05, 0.1) is 0 Å². The molecule has 0 aliphatic rings. The average molecular weight is 294 g/mol. The van der Waals surface area contributed by atoms with E-state index >= 15 is 0 Å². The van der Waals surface area contributed by atoms with Crippen LogP contribution >= 0.6 is 11.6 Å². The first-order valence-corrected chi connectivity index (χ1v) is 7.07. The molecule has 0 aliphatic carbocycles. The topological polar surface area (TPSA) is 37.8 Å². The third kappa shape index (κ3) is 4.46. The molecule has 0 atom stereocenters. The third-order valence-corrected chi connectivity index (χ3v) is 3.06. The second-order valence-corrected chi connectivity index (χ2v) is 4.95. The zero-order valence-electron chi connectivity index (χ0n) is 11.4. The van der Waals surface area contributed by atoms with Gasteiger partial charge in [-0.1, -0.05) is 37.1 Å². The van der Waals surface area contributed by atoms with Crippen molar-refractivity contribution in [1.82, 2.24) is 9.97 Å². The van der Waals surface area contributed by atoms with Gasteiger partial charge in [0.1, 0.15) is 11.0 Å². The molecule has 1 aromatic heterocycles. The fourth-order valence-corrected chi connectivity index (χ4v) is 2.10. The number of hydrogen-bond acceptors (Lipinski definition) is 3. The van der Waals surface area contributed by atoms with Crippen LogP contribution in [0.3, 0.4) is 0 Å². The highest BCUT2D eigenvalue weighted by Gasteiger charge is 2.02. The van der Waals surface area contributed by atoms with Gasteiger partial charge in [-0.25, -0.2) is 14.4 Å². The van der Waals surface area contributed by atoms with Crippen molar-refractivity contribution in [2.24, 2.45) is 0 Å². The molecule has 1 N–H and O–H groups in total. The summed E-state index contributed by atoms with van der Waals surface area (Å²) < 4.78 is 12.8. The minimum Gasteiger partial charge on any atom is -0.354 e. The number of nitrogens with zero attached hydrogens (tertiary/aromatic N) is 2. The monoisotopic (exact) mass is 293 g/mol. The van der Waals surface area contributed by atoms with Crippen molar-refractivity contribution >= 4 is 17.5 Å². The minimum absolute atomic E-state index is 0.218. The largest absolute Gasteiger partial charge is 0.354 e. The number of hydrogen-bond donors (Lipinski definition) is 1. The lowest BCUT2D eigenvalue weighted by atomic mass is 10.1. The molecule has 0 bridgehead atoms. The van der Waals surface area contributed by atoms with Gasteiger partial charge < -0.3 is 5.32 Å². The van der Waals surface area contributed by atoms with E-state index in [0.717, 1.165) is 30.5 Å². The fourth-order valence-electron chi connectivity index (χ4n) is 1.90. The quantitative estimate of drug-likeness (QED) is 0.822. The van der Waals surface area contributed by atoms with Gasteiger partial charge in [0.25, 0.3) is 0 Å². The van der Waals surface area contributed by atoms with Crippen LogP contribution in [0.5, 0.6) is 0 Å². The molecule has 5 heteroatoms. The van der Waals surface area contributed by atoms with Crippen molar-refractivity contribution in [3.63, 3.8) is 0 Å². The van der Waals surface area contributed by atoms with Crippen LogP contribution in [-0.2, 0) is 12.8 Å². The van der Waals surface area contributed by atoms with Gasteiger partial charge in [-0.3, -0.25) is 0 Å². The molecule has 0 unspecified atom stereocenters. The van der Waals surface area contributed by atoms with Crippen LogP contribution in [0.1, 0.15) is 24.6 Å². The number of nitrogens with one attached hydrogen (secondary N) is 1. The van der Waals surface area contributed by atoms with Gasteiger partial charge in [0.15, 0.2) is 0 Å². The molecule has 0 saturated carbocycles. The minimum atomic E-state index is -0.218. The fraction of sp³-hybridized carbons (Fsp3) is 0.333. The smallest absolute Gasteiger partial charge is 0.224 e. The van der Waals surface area contributed by atoms with Crippen molar-refractivity contribution in [2.45, 2.75) is 26.2 Å². The average Bonchev–Trinajstić information content (AvgIpc) is 2.41. The van der Waals surface area contributed by atoms with E-state index in [-0.39, 0.29) is 5.82 Å². The highest BCUT2D eigenvalue weighted by Crippen LogP contribution is 2.12. The predicted molar refractivity (Wildman–Crippen MR) is 79.6 cm³/mol. The Hall–Kier alpha value is -1.68. The predicted octanol–water partition coefficient (Wildman–Crippen LogP) is 3.88. The SMILES string of the molecule is CCCc1cc(Cl)nc(NCCc2ccc(F)cc2)n1. The van der Waals surface area contributed by atoms with Crippen LogP contribution < -0.4 is 5.32 Å². The number of aromatic nitrogens is 2. The summed E-state index contributed by atoms with van der Waals surface area (Å²) >= 11 is 5.97. The Balaban J connectivity index is 1.91. The molecule has 2 aromatic rings. The molecular formula is C15H17ClFN3. The van der Waals surface area contributed by atoms with Crippen LogP contribution in [0.2, 0.25) is 5.15 Å². The maximum absolute atomic E-state index is 12.8. The van der Waals surface area contributed by atoms with Gasteiger partial charge in [-0.2, -0.15) is 0 Å². The second kappa shape index (κ2) is 7.20. The van der Waals surface area contributed by atoms with Crippen LogP contribution in [0.25, 0.3) is 0 Å². The Kier molecular flexibility index (Phi) is 5.30. The lowest BCUT2D eigenvalue weighted by molar-refractivity contribution is 0.627. The third-order valence-electron chi connectivity index (χ3n) is 2.86. The summed E-state index contributed by atoms with van der Waals surface area (Å²) in [6.07, 6.45) is 2.68. The molecule has 1 heterocycles. The first-order chi connectivity index (χ1) is 9.67. The van der Waals surface area contributed by atoms with Gasteiger partial charge in [-0.15, -0.1) is 0 Å². The highest BCUT2D eigenvalue weighted by molar-refractivity contribution is 6.29. The van der Waals surface area contributed by atoms with E-state index in [2.05, 4.69) is 22.2 Å². The van der Waals surface area contributed by atoms with Crippen molar-refractivity contribution in [3.8, 4) is 0 Å². The Labute approximate surface area is 123 Å². The summed E-state index contributed by atoms with van der Waals surface area (Å²) in [6.45, 7) is 2.77. The van der Waals surface area contributed by atoms with E-state index in [9.17, 15) is 4.39 Å². The molecule has 106 valence electrons. The van der Waals surface area contributed by atoms with Crippen LogP contribution in [0, 0.1) is 5.82 Å². The summed E-state index contributed by atoms with van der Waals surface area (Å²) in [6, 6.07) is 8.27. The normalized spacial score (nSPS) is 10.6. The van der Waals surface area contributed by atoms with E-state index in [1.807, 2.05) is 0 Å². The molecule has 1 aromatic carbocycles. The summed E-state index contributed by atoms with van der Waals surface area (Å²) in [5.74, 6) is 0.326. The van der Waals surface area contributed by atoms with Crippen LogP contribution in [0.15, 0.2) is 30.3 Å². The lowest BCUT2D eigenvalue weighted by Gasteiger charge is -2.07. The van der Waals surface area contributed by atoms with Crippen molar-refractivity contribution < 1.29 is 4.39 Å². The molecule has 20 heavy (non-hydrogen) atoms. The van der Waals surface area contributed by atoms with E-state index in [0.29, 0.717) is 17.6 Å². The van der Waals surface area contributed by atoms with Crippen LogP contribution in [0.4, 0.5) is 10.3 Å². The molecule has 0 amide bonds. The maximum atomic E-state index is 12.8. The summed E-state index contributed by atoms with van der Waals surface area (Å²) in [5.41, 5.74) is 2.01. The Morgan fingerprint density at radius 3 is 2.60 bits per heavy atom. The summed E-state index contributed by atoms with van der Waals surface area (Å²) in [5, 5.41) is 3.60. The van der Waals surface area contributed by atoms with Gasteiger partial charge in [0.2, 0.25) is 5.95 Å². The summed E-state index contributed by atoms with van der Waals surface area (Å²) in [7, 11) is 0. The highest BCUT2D eigenvalue weighted by atomic mass is 35.5. The second-order valence-electron chi connectivity index (χ2n) is 4.56. The zero-order valence-corrected chi connectivity index (χ0v) is 12.1. The first-order valence-electron chi connectivity index (χ1n) is 6.69. The number of benzene rings is 1. The maximum Gasteiger partial charge on any atom is 0.224 e. The standard InChI is InChI=1S/C15H17ClFN3/c1-2-3-13-10-14(16)20-15(19-13)18-9-8-11-4-6-12(17)7-5-11/h4-7,10H,2-3,8-9H2,1H3,(H,18,19,20). The van der Waals surface area contributed by atoms with E-state index in [1.165, 1.54) is 12.1 Å². The van der Waals surface area contributed by atoms with Crippen molar-refractivity contribution in [1.29, 1.82) is 0 Å². The Bertz CT molecular complexity index is 558. The van der Waals surface area contributed by atoms with E-state index in [1.54, 1.807) is 18.2 Å². The molecular weight excluding hydrogens is 277 g/mol. The molecule has 0 saturated heterocycles. The first kappa shape index (κ1) is 14.7.